The maximum atomic E-state index is 6.27. The van der Waals surface area contributed by atoms with Crippen LogP contribution >= 0.6 is 0 Å². The van der Waals surface area contributed by atoms with Crippen molar-refractivity contribution in [1.82, 2.24) is 9.13 Å². The first-order valence-corrected chi connectivity index (χ1v) is 19.5. The molecule has 3 nitrogen and oxygen atoms in total. The van der Waals surface area contributed by atoms with E-state index >= 15 is 0 Å². The van der Waals surface area contributed by atoms with Crippen LogP contribution in [0.3, 0.4) is 0 Å². The van der Waals surface area contributed by atoms with E-state index in [1.807, 2.05) is 6.07 Å². The van der Waals surface area contributed by atoms with Crippen LogP contribution in [0.25, 0.3) is 93.6 Å². The van der Waals surface area contributed by atoms with Crippen LogP contribution in [0.4, 0.5) is 0 Å². The van der Waals surface area contributed by atoms with E-state index in [4.69, 9.17) is 4.42 Å². The Labute approximate surface area is 324 Å². The van der Waals surface area contributed by atoms with Gasteiger partial charge in [0.15, 0.2) is 0 Å². The topological polar surface area (TPSA) is 23.0 Å². The molecule has 3 heterocycles. The number of aromatic nitrogens is 2. The van der Waals surface area contributed by atoms with E-state index in [0.717, 1.165) is 16.6 Å². The molecule has 10 aromatic rings. The summed E-state index contributed by atoms with van der Waals surface area (Å²) in [6.45, 7) is 2.39. The number of hydrogen-bond donors (Lipinski definition) is 0. The zero-order valence-electron chi connectivity index (χ0n) is 30.9. The van der Waals surface area contributed by atoms with E-state index in [0.29, 0.717) is 0 Å². The monoisotopic (exact) mass is 716 g/mol. The Morgan fingerprint density at radius 2 is 1.20 bits per heavy atom. The molecule has 264 valence electrons. The maximum absolute atomic E-state index is 6.27. The molecule has 2 aliphatic rings. The molecule has 0 radical (unpaired) electrons. The summed E-state index contributed by atoms with van der Waals surface area (Å²) in [5.74, 6) is 0.175. The van der Waals surface area contributed by atoms with Crippen LogP contribution in [0.1, 0.15) is 12.5 Å². The van der Waals surface area contributed by atoms with Crippen molar-refractivity contribution in [3.8, 4) is 16.8 Å². The number of para-hydroxylation sites is 4. The molecule has 2 atom stereocenters. The number of nitrogens with zero attached hydrogens (tertiary/aromatic N) is 2. The van der Waals surface area contributed by atoms with Crippen molar-refractivity contribution in [3.63, 3.8) is 0 Å². The van der Waals surface area contributed by atoms with Gasteiger partial charge < -0.3 is 13.6 Å². The number of hydrogen-bond acceptors (Lipinski definition) is 1. The Bertz CT molecular complexity index is 3380. The van der Waals surface area contributed by atoms with Crippen LogP contribution in [0, 0.1) is 11.3 Å². The highest BCUT2D eigenvalue weighted by Gasteiger charge is 2.39. The lowest BCUT2D eigenvalue weighted by atomic mass is 9.67. The second-order valence-electron chi connectivity index (χ2n) is 15.5. The van der Waals surface area contributed by atoms with Gasteiger partial charge in [0.05, 0.1) is 22.1 Å². The smallest absolute Gasteiger partial charge is 0.136 e. The second-order valence-corrected chi connectivity index (χ2v) is 15.5. The molecule has 12 rings (SSSR count). The third kappa shape index (κ3) is 4.40. The molecule has 0 saturated carbocycles. The predicted molar refractivity (Wildman–Crippen MR) is 235 cm³/mol. The molecule has 56 heavy (non-hydrogen) atoms. The van der Waals surface area contributed by atoms with Gasteiger partial charge in [-0.25, -0.2) is 0 Å². The first-order valence-electron chi connectivity index (χ1n) is 19.5. The lowest BCUT2D eigenvalue weighted by Crippen LogP contribution is -2.30. The highest BCUT2D eigenvalue weighted by Crippen LogP contribution is 2.51. The minimum atomic E-state index is -0.256. The normalized spacial score (nSPS) is 18.1. The first kappa shape index (κ1) is 31.3. The molecule has 0 aliphatic heterocycles. The van der Waals surface area contributed by atoms with Gasteiger partial charge in [-0.1, -0.05) is 134 Å². The summed E-state index contributed by atoms with van der Waals surface area (Å²) in [5, 5.41) is 7.38. The summed E-state index contributed by atoms with van der Waals surface area (Å²) in [5.41, 5.74) is 13.8. The zero-order valence-corrected chi connectivity index (χ0v) is 30.9. The quantitative estimate of drug-likeness (QED) is 0.178. The number of furan rings is 1. The summed E-state index contributed by atoms with van der Waals surface area (Å²) >= 11 is 0. The van der Waals surface area contributed by atoms with Crippen molar-refractivity contribution in [1.29, 1.82) is 0 Å². The summed E-state index contributed by atoms with van der Waals surface area (Å²) in [6, 6.07) is 57.1. The Balaban J connectivity index is 0.983. The van der Waals surface area contributed by atoms with Crippen LogP contribution in [-0.2, 0) is 0 Å². The lowest BCUT2D eigenvalue weighted by Gasteiger charge is -2.40. The van der Waals surface area contributed by atoms with Gasteiger partial charge in [0.1, 0.15) is 11.2 Å². The minimum absolute atomic E-state index is 0.175. The molecule has 0 fully saturated rings. The fourth-order valence-corrected chi connectivity index (χ4v) is 9.68. The molecular weight excluding hydrogens is 681 g/mol. The fraction of sp³-hybridized carbons (Fsp3) is 0.0566. The van der Waals surface area contributed by atoms with Crippen molar-refractivity contribution < 1.29 is 4.42 Å². The number of allylic oxidation sites excluding steroid dienone is 8. The molecule has 0 bridgehead atoms. The Kier molecular flexibility index (Phi) is 6.53. The Morgan fingerprint density at radius 3 is 2.05 bits per heavy atom. The van der Waals surface area contributed by atoms with E-state index < -0.39 is 0 Å². The zero-order chi connectivity index (χ0) is 37.0. The standard InChI is InChI=1S/C53H36N2O/c1-53-30-29-36(39-19-12-23-50-52(39)43-18-7-10-22-49(43)56-50)31-37(53)13-11-24-51(53)55-46-21-9-6-17-41(46)44-32-34(26-28-47(44)55)35-25-27-42-40-16-5-8-20-45(40)54(48(42)33-35)38-14-3-2-4-15-38/h2-33,37H,1H3. The van der Waals surface area contributed by atoms with Crippen molar-refractivity contribution in [2.24, 2.45) is 11.3 Å². The average molecular weight is 717 g/mol. The molecule has 0 saturated heterocycles. The highest BCUT2D eigenvalue weighted by molar-refractivity contribution is 6.14. The highest BCUT2D eigenvalue weighted by atomic mass is 16.3. The largest absolute Gasteiger partial charge is 0.456 e. The lowest BCUT2D eigenvalue weighted by molar-refractivity contribution is 0.457. The SMILES string of the molecule is CC12C=CC(c3cccc4oc5ccccc5c34)=CC1C=CC=C2n1c2ccccc2c2cc(-c3ccc4c5ccccc5n(-c5ccccc5)c4c3)ccc21. The van der Waals surface area contributed by atoms with Gasteiger partial charge in [-0.15, -0.1) is 0 Å². The van der Waals surface area contributed by atoms with Crippen LogP contribution in [-0.4, -0.2) is 9.13 Å². The average Bonchev–Trinajstić information content (AvgIpc) is 3.91. The summed E-state index contributed by atoms with van der Waals surface area (Å²) in [4.78, 5) is 0. The molecule has 7 aromatic carbocycles. The van der Waals surface area contributed by atoms with Crippen LogP contribution in [0.15, 0.2) is 199 Å². The van der Waals surface area contributed by atoms with Gasteiger partial charge in [-0.2, -0.15) is 0 Å². The molecular formula is C53H36N2O. The maximum Gasteiger partial charge on any atom is 0.136 e. The van der Waals surface area contributed by atoms with E-state index in [9.17, 15) is 0 Å². The molecule has 0 spiro atoms. The minimum Gasteiger partial charge on any atom is -0.456 e. The number of fused-ring (bicyclic) bond motifs is 10. The molecule has 2 unspecified atom stereocenters. The van der Waals surface area contributed by atoms with Crippen molar-refractivity contribution in [3.05, 3.63) is 200 Å². The van der Waals surface area contributed by atoms with Crippen molar-refractivity contribution in [2.45, 2.75) is 6.92 Å². The van der Waals surface area contributed by atoms with E-state index in [1.165, 1.54) is 82.6 Å². The Morgan fingerprint density at radius 1 is 0.536 bits per heavy atom. The van der Waals surface area contributed by atoms with Gasteiger partial charge in [-0.05, 0) is 89.9 Å². The van der Waals surface area contributed by atoms with Crippen LogP contribution in [0.2, 0.25) is 0 Å². The van der Waals surface area contributed by atoms with Crippen molar-refractivity contribution in [2.75, 3.05) is 0 Å². The molecule has 0 N–H and O–H groups in total. The van der Waals surface area contributed by atoms with E-state index in [-0.39, 0.29) is 11.3 Å². The van der Waals surface area contributed by atoms with Gasteiger partial charge in [0.25, 0.3) is 0 Å². The third-order valence-electron chi connectivity index (χ3n) is 12.4. The Hall–Kier alpha value is -7.10. The van der Waals surface area contributed by atoms with Crippen molar-refractivity contribution >= 4 is 76.8 Å². The van der Waals surface area contributed by atoms with E-state index in [1.54, 1.807) is 0 Å². The van der Waals surface area contributed by atoms with Crippen LogP contribution < -0.4 is 0 Å². The van der Waals surface area contributed by atoms with Gasteiger partial charge in [0, 0.05) is 55.0 Å². The number of rotatable bonds is 4. The predicted octanol–water partition coefficient (Wildman–Crippen LogP) is 14.1. The molecule has 0 amide bonds. The van der Waals surface area contributed by atoms with Crippen LogP contribution in [0.5, 0.6) is 0 Å². The van der Waals surface area contributed by atoms with Gasteiger partial charge >= 0.3 is 0 Å². The second kappa shape index (κ2) is 11.7. The first-order chi connectivity index (χ1) is 27.6. The molecule has 2 aliphatic carbocycles. The van der Waals surface area contributed by atoms with E-state index in [2.05, 4.69) is 204 Å². The summed E-state index contributed by atoms with van der Waals surface area (Å²) < 4.78 is 11.2. The third-order valence-corrected chi connectivity index (χ3v) is 12.4. The van der Waals surface area contributed by atoms with Gasteiger partial charge in [-0.3, -0.25) is 0 Å². The summed E-state index contributed by atoms with van der Waals surface area (Å²) in [7, 11) is 0. The fourth-order valence-electron chi connectivity index (χ4n) is 9.68. The molecule has 3 aromatic heterocycles. The molecule has 3 heteroatoms. The van der Waals surface area contributed by atoms with Gasteiger partial charge in [0.2, 0.25) is 0 Å². The summed E-state index contributed by atoms with van der Waals surface area (Å²) in [6.07, 6.45) is 14.1. The number of benzene rings is 7.